The van der Waals surface area contributed by atoms with Gasteiger partial charge >= 0.3 is 6.09 Å². The van der Waals surface area contributed by atoms with Crippen molar-refractivity contribution in [3.05, 3.63) is 35.9 Å². The number of carbonyl (C=O) groups is 2. The topological polar surface area (TPSA) is 46.6 Å². The van der Waals surface area contributed by atoms with Gasteiger partial charge in [-0.15, -0.1) is 0 Å². The number of ketones is 1. The second-order valence-electron chi connectivity index (χ2n) is 4.10. The number of piperidine rings is 1. The molecule has 0 N–H and O–H groups in total. The van der Waals surface area contributed by atoms with E-state index in [0.717, 1.165) is 5.56 Å². The van der Waals surface area contributed by atoms with Crippen LogP contribution in [0.4, 0.5) is 4.79 Å². The number of carbonyl (C=O) groups excluding carboxylic acids is 2. The Bertz CT molecular complexity index is 416. The standard InChI is InChI=1S/C13H15NO3/c1-17-13(16)14-8-7-12(15)11(9-14)10-5-3-2-4-6-10/h2-6,11H,7-9H2,1H3. The Hall–Kier alpha value is -1.84. The fourth-order valence-corrected chi connectivity index (χ4v) is 2.10. The summed E-state index contributed by atoms with van der Waals surface area (Å²) in [4.78, 5) is 24.9. The van der Waals surface area contributed by atoms with Gasteiger partial charge in [0.2, 0.25) is 0 Å². The number of Topliss-reactive ketones (excluding diaryl/α,β-unsaturated/α-hetero) is 1. The highest BCUT2D eigenvalue weighted by Crippen LogP contribution is 2.24. The number of hydrogen-bond donors (Lipinski definition) is 0. The monoisotopic (exact) mass is 233 g/mol. The zero-order valence-corrected chi connectivity index (χ0v) is 9.76. The number of methoxy groups -OCH3 is 1. The molecule has 0 spiro atoms. The third-order valence-electron chi connectivity index (χ3n) is 3.05. The summed E-state index contributed by atoms with van der Waals surface area (Å²) in [5, 5.41) is 0. The van der Waals surface area contributed by atoms with Gasteiger partial charge in [-0.05, 0) is 5.56 Å². The lowest BCUT2D eigenvalue weighted by Crippen LogP contribution is -2.43. The van der Waals surface area contributed by atoms with Gasteiger partial charge in [0.15, 0.2) is 0 Å². The molecule has 0 aromatic heterocycles. The van der Waals surface area contributed by atoms with Gasteiger partial charge in [0, 0.05) is 19.5 Å². The first-order chi connectivity index (χ1) is 8.22. The Balaban J connectivity index is 2.16. The van der Waals surface area contributed by atoms with Crippen LogP contribution in [0.15, 0.2) is 30.3 Å². The molecule has 0 saturated carbocycles. The van der Waals surface area contributed by atoms with Crippen LogP contribution in [0.25, 0.3) is 0 Å². The number of rotatable bonds is 1. The fourth-order valence-electron chi connectivity index (χ4n) is 2.10. The van der Waals surface area contributed by atoms with Crippen LogP contribution in [-0.4, -0.2) is 37.0 Å². The van der Waals surface area contributed by atoms with E-state index in [1.165, 1.54) is 7.11 Å². The van der Waals surface area contributed by atoms with E-state index in [1.54, 1.807) is 4.90 Å². The van der Waals surface area contributed by atoms with Crippen LogP contribution in [0, 0.1) is 0 Å². The van der Waals surface area contributed by atoms with Crippen LogP contribution in [-0.2, 0) is 9.53 Å². The van der Waals surface area contributed by atoms with Crippen LogP contribution in [0.2, 0.25) is 0 Å². The van der Waals surface area contributed by atoms with Crippen molar-refractivity contribution in [3.8, 4) is 0 Å². The van der Waals surface area contributed by atoms with Crippen molar-refractivity contribution in [3.63, 3.8) is 0 Å². The van der Waals surface area contributed by atoms with Crippen molar-refractivity contribution in [2.24, 2.45) is 0 Å². The van der Waals surface area contributed by atoms with Gasteiger partial charge in [0.1, 0.15) is 5.78 Å². The average Bonchev–Trinajstić information content (AvgIpc) is 2.39. The van der Waals surface area contributed by atoms with Gasteiger partial charge in [-0.1, -0.05) is 30.3 Å². The molecule has 1 unspecified atom stereocenters. The van der Waals surface area contributed by atoms with Crippen LogP contribution < -0.4 is 0 Å². The van der Waals surface area contributed by atoms with E-state index < -0.39 is 0 Å². The first-order valence-electron chi connectivity index (χ1n) is 5.63. The summed E-state index contributed by atoms with van der Waals surface area (Å²) in [7, 11) is 1.36. The summed E-state index contributed by atoms with van der Waals surface area (Å²) in [6.45, 7) is 0.865. The lowest BCUT2D eigenvalue weighted by Gasteiger charge is -2.30. The molecule has 0 bridgehead atoms. The molecular formula is C13H15NO3. The van der Waals surface area contributed by atoms with E-state index in [4.69, 9.17) is 0 Å². The Morgan fingerprint density at radius 1 is 1.35 bits per heavy atom. The molecule has 0 aliphatic carbocycles. The highest BCUT2D eigenvalue weighted by Gasteiger charge is 2.31. The minimum atomic E-state index is -0.363. The Morgan fingerprint density at radius 3 is 2.71 bits per heavy atom. The molecule has 1 aliphatic rings. The van der Waals surface area contributed by atoms with Crippen molar-refractivity contribution < 1.29 is 14.3 Å². The minimum absolute atomic E-state index is 0.191. The molecule has 17 heavy (non-hydrogen) atoms. The van der Waals surface area contributed by atoms with Crippen LogP contribution in [0.1, 0.15) is 17.9 Å². The first-order valence-corrected chi connectivity index (χ1v) is 5.63. The second-order valence-corrected chi connectivity index (χ2v) is 4.10. The van der Waals surface area contributed by atoms with Crippen LogP contribution in [0.3, 0.4) is 0 Å². The molecule has 0 radical (unpaired) electrons. The molecule has 1 amide bonds. The van der Waals surface area contributed by atoms with Gasteiger partial charge in [0.25, 0.3) is 0 Å². The lowest BCUT2D eigenvalue weighted by molar-refractivity contribution is -0.122. The molecule has 1 saturated heterocycles. The van der Waals surface area contributed by atoms with Gasteiger partial charge in [-0.25, -0.2) is 4.79 Å². The molecule has 1 aromatic rings. The number of hydrogen-bond acceptors (Lipinski definition) is 3. The van der Waals surface area contributed by atoms with Gasteiger partial charge < -0.3 is 9.64 Å². The summed E-state index contributed by atoms with van der Waals surface area (Å²) >= 11 is 0. The maximum atomic E-state index is 11.9. The number of ether oxygens (including phenoxy) is 1. The zero-order valence-electron chi connectivity index (χ0n) is 9.76. The largest absolute Gasteiger partial charge is 0.453 e. The van der Waals surface area contributed by atoms with Crippen LogP contribution in [0.5, 0.6) is 0 Å². The molecule has 4 heteroatoms. The molecule has 1 heterocycles. The number of amides is 1. The second kappa shape index (κ2) is 4.99. The van der Waals surface area contributed by atoms with Crippen LogP contribution >= 0.6 is 0 Å². The summed E-state index contributed by atoms with van der Waals surface area (Å²) in [6, 6.07) is 9.56. The van der Waals surface area contributed by atoms with Gasteiger partial charge in [0.05, 0.1) is 13.0 Å². The minimum Gasteiger partial charge on any atom is -0.453 e. The van der Waals surface area contributed by atoms with E-state index in [9.17, 15) is 9.59 Å². The van der Waals surface area contributed by atoms with Crippen molar-refractivity contribution in [2.75, 3.05) is 20.2 Å². The van der Waals surface area contributed by atoms with E-state index in [1.807, 2.05) is 30.3 Å². The summed E-state index contributed by atoms with van der Waals surface area (Å²) in [5.41, 5.74) is 0.964. The molecule has 2 rings (SSSR count). The summed E-state index contributed by atoms with van der Waals surface area (Å²) in [5.74, 6) is -0.0274. The smallest absolute Gasteiger partial charge is 0.409 e. The molecule has 90 valence electrons. The van der Waals surface area contributed by atoms with E-state index in [-0.39, 0.29) is 17.8 Å². The number of benzene rings is 1. The highest BCUT2D eigenvalue weighted by atomic mass is 16.5. The maximum absolute atomic E-state index is 11.9. The highest BCUT2D eigenvalue weighted by molar-refractivity contribution is 5.88. The molecule has 1 aromatic carbocycles. The molecular weight excluding hydrogens is 218 g/mol. The fraction of sp³-hybridized carbons (Fsp3) is 0.385. The summed E-state index contributed by atoms with van der Waals surface area (Å²) < 4.78 is 4.68. The van der Waals surface area contributed by atoms with Crippen molar-refractivity contribution in [2.45, 2.75) is 12.3 Å². The van der Waals surface area contributed by atoms with E-state index in [2.05, 4.69) is 4.74 Å². The van der Waals surface area contributed by atoms with Crippen molar-refractivity contribution >= 4 is 11.9 Å². The predicted molar refractivity (Wildman–Crippen MR) is 62.8 cm³/mol. The summed E-state index contributed by atoms with van der Waals surface area (Å²) in [6.07, 6.45) is 0.0349. The van der Waals surface area contributed by atoms with E-state index >= 15 is 0 Å². The zero-order chi connectivity index (χ0) is 12.3. The molecule has 1 atom stereocenters. The number of nitrogens with zero attached hydrogens (tertiary/aromatic N) is 1. The normalized spacial score (nSPS) is 20.2. The molecule has 4 nitrogen and oxygen atoms in total. The third kappa shape index (κ3) is 2.46. The Labute approximate surface area is 100 Å². The quantitative estimate of drug-likeness (QED) is 0.743. The third-order valence-corrected chi connectivity index (χ3v) is 3.05. The van der Waals surface area contributed by atoms with Gasteiger partial charge in [-0.3, -0.25) is 4.79 Å². The Morgan fingerprint density at radius 2 is 2.06 bits per heavy atom. The van der Waals surface area contributed by atoms with Crippen molar-refractivity contribution in [1.82, 2.24) is 4.90 Å². The molecule has 1 fully saturated rings. The average molecular weight is 233 g/mol. The van der Waals surface area contributed by atoms with Gasteiger partial charge in [-0.2, -0.15) is 0 Å². The lowest BCUT2D eigenvalue weighted by atomic mass is 9.89. The SMILES string of the molecule is COC(=O)N1CCC(=O)C(c2ccccc2)C1. The Kier molecular flexibility index (Phi) is 3.42. The van der Waals surface area contributed by atoms with Crippen molar-refractivity contribution in [1.29, 1.82) is 0 Å². The first kappa shape index (κ1) is 11.6. The molecule has 1 aliphatic heterocycles. The van der Waals surface area contributed by atoms with E-state index in [0.29, 0.717) is 19.5 Å². The maximum Gasteiger partial charge on any atom is 0.409 e. The predicted octanol–water partition coefficient (Wildman–Crippen LogP) is 1.81. The number of likely N-dealkylation sites (tertiary alicyclic amines) is 1.